The second kappa shape index (κ2) is 5.09. The molecule has 1 amide bonds. The smallest absolute Gasteiger partial charge is 0.281 e. The summed E-state index contributed by atoms with van der Waals surface area (Å²) in [7, 11) is 0. The van der Waals surface area contributed by atoms with Crippen LogP contribution in [0.4, 0.5) is 4.39 Å². The first-order valence-corrected chi connectivity index (χ1v) is 4.30. The Morgan fingerprint density at radius 3 is 2.33 bits per heavy atom. The Morgan fingerprint density at radius 2 is 2.00 bits per heavy atom. The Labute approximate surface area is 72.5 Å². The molecule has 0 aromatic carbocycles. The molecule has 0 radical (unpaired) electrons. The lowest BCUT2D eigenvalue weighted by atomic mass is 9.93. The second-order valence-electron chi connectivity index (χ2n) is 2.93. The number of alkyl halides is 1. The summed E-state index contributed by atoms with van der Waals surface area (Å²) in [5.41, 5.74) is 3.25. The summed E-state index contributed by atoms with van der Waals surface area (Å²) in [4.78, 5) is 11.3. The minimum absolute atomic E-state index is 0.0934. The van der Waals surface area contributed by atoms with Crippen LogP contribution >= 0.6 is 0 Å². The molecule has 4 heteroatoms. The normalized spacial score (nSPS) is 11.3. The van der Waals surface area contributed by atoms with Crippen LogP contribution in [0.2, 0.25) is 0 Å². The van der Waals surface area contributed by atoms with E-state index in [1.165, 1.54) is 0 Å². The number of halogens is 1. The molecule has 0 aromatic rings. The van der Waals surface area contributed by atoms with Crippen LogP contribution in [0.15, 0.2) is 0 Å². The van der Waals surface area contributed by atoms with Crippen LogP contribution in [0.1, 0.15) is 26.7 Å². The monoisotopic (exact) mass is 177 g/mol. The quantitative estimate of drug-likeness (QED) is 0.604. The zero-order valence-electron chi connectivity index (χ0n) is 7.82. The van der Waals surface area contributed by atoms with E-state index < -0.39 is 12.2 Å². The zero-order chi connectivity index (χ0) is 9.61. The van der Waals surface area contributed by atoms with Gasteiger partial charge in [-0.25, -0.2) is 4.39 Å². The zero-order valence-corrected chi connectivity index (χ0v) is 7.82. The summed E-state index contributed by atoms with van der Waals surface area (Å²) in [6, 6.07) is 0. The third-order valence-corrected chi connectivity index (χ3v) is 2.22. The standard InChI is InChI=1S/C8H17FN2O/c1-3-8(10,4-2)7(12)11-6-5-9/h3-6,10H2,1-2H3,(H,11,12)/p+1. The third-order valence-electron chi connectivity index (χ3n) is 2.22. The lowest BCUT2D eigenvalue weighted by Gasteiger charge is -2.20. The van der Waals surface area contributed by atoms with Gasteiger partial charge in [-0.3, -0.25) is 4.79 Å². The number of rotatable bonds is 5. The Kier molecular flexibility index (Phi) is 4.81. The summed E-state index contributed by atoms with van der Waals surface area (Å²) in [6.45, 7) is 3.39. The molecule has 0 heterocycles. The molecule has 0 aliphatic carbocycles. The average Bonchev–Trinajstić information content (AvgIpc) is 2.12. The Hall–Kier alpha value is -0.640. The Bertz CT molecular complexity index is 146. The number of carbonyl (C=O) groups excluding carboxylic acids is 1. The van der Waals surface area contributed by atoms with Crippen LogP contribution in [0, 0.1) is 0 Å². The summed E-state index contributed by atoms with van der Waals surface area (Å²) in [5.74, 6) is -0.148. The van der Waals surface area contributed by atoms with Crippen molar-refractivity contribution < 1.29 is 14.9 Å². The molecule has 0 spiro atoms. The predicted molar refractivity (Wildman–Crippen MR) is 45.2 cm³/mol. The van der Waals surface area contributed by atoms with Gasteiger partial charge in [0.05, 0.1) is 0 Å². The van der Waals surface area contributed by atoms with E-state index in [9.17, 15) is 9.18 Å². The molecule has 0 unspecified atom stereocenters. The second-order valence-corrected chi connectivity index (χ2v) is 2.93. The van der Waals surface area contributed by atoms with Crippen molar-refractivity contribution >= 4 is 5.91 Å². The van der Waals surface area contributed by atoms with Crippen LogP contribution in [0.25, 0.3) is 0 Å². The first-order valence-electron chi connectivity index (χ1n) is 4.30. The molecule has 0 aromatic heterocycles. The van der Waals surface area contributed by atoms with Gasteiger partial charge < -0.3 is 11.1 Å². The molecule has 0 fully saturated rings. The maximum Gasteiger partial charge on any atom is 0.281 e. The molecular weight excluding hydrogens is 159 g/mol. The molecule has 0 aliphatic rings. The molecule has 0 bridgehead atoms. The predicted octanol–water partition coefficient (Wildman–Crippen LogP) is -0.127. The van der Waals surface area contributed by atoms with Gasteiger partial charge in [0.2, 0.25) is 0 Å². The van der Waals surface area contributed by atoms with Crippen molar-refractivity contribution in [1.82, 2.24) is 5.32 Å². The third kappa shape index (κ3) is 2.77. The van der Waals surface area contributed by atoms with E-state index in [0.717, 1.165) is 0 Å². The summed E-state index contributed by atoms with van der Waals surface area (Å²) in [5, 5.41) is 2.50. The maximum atomic E-state index is 11.7. The van der Waals surface area contributed by atoms with E-state index in [1.807, 2.05) is 13.8 Å². The number of quaternary nitrogens is 1. The number of hydrogen-bond donors (Lipinski definition) is 2. The van der Waals surface area contributed by atoms with Crippen molar-refractivity contribution in [1.29, 1.82) is 0 Å². The number of amides is 1. The minimum atomic E-state index is -0.574. The molecule has 0 saturated carbocycles. The topological polar surface area (TPSA) is 56.7 Å². The van der Waals surface area contributed by atoms with Crippen molar-refractivity contribution in [3.8, 4) is 0 Å². The molecule has 4 N–H and O–H groups in total. The van der Waals surface area contributed by atoms with Crippen LogP contribution in [0.3, 0.4) is 0 Å². The molecular formula is C8H18FN2O+. The number of carbonyl (C=O) groups is 1. The van der Waals surface area contributed by atoms with Gasteiger partial charge in [0.25, 0.3) is 5.91 Å². The van der Waals surface area contributed by atoms with Gasteiger partial charge in [-0.2, -0.15) is 0 Å². The largest absolute Gasteiger partial charge is 0.348 e. The van der Waals surface area contributed by atoms with E-state index in [0.29, 0.717) is 12.8 Å². The van der Waals surface area contributed by atoms with Crippen LogP contribution < -0.4 is 11.1 Å². The SMILES string of the molecule is CCC([NH3+])(CC)C(=O)NCCF. The van der Waals surface area contributed by atoms with Crippen molar-refractivity contribution in [2.75, 3.05) is 13.2 Å². The van der Waals surface area contributed by atoms with Gasteiger partial charge in [-0.15, -0.1) is 0 Å². The summed E-state index contributed by atoms with van der Waals surface area (Å²) < 4.78 is 11.7. The van der Waals surface area contributed by atoms with Gasteiger partial charge in [-0.1, -0.05) is 13.8 Å². The Balaban J connectivity index is 4.03. The van der Waals surface area contributed by atoms with Crippen LogP contribution in [-0.4, -0.2) is 24.7 Å². The van der Waals surface area contributed by atoms with Gasteiger partial charge in [-0.05, 0) is 0 Å². The minimum Gasteiger partial charge on any atom is -0.348 e. The first-order chi connectivity index (χ1) is 5.60. The molecule has 12 heavy (non-hydrogen) atoms. The average molecular weight is 177 g/mol. The first kappa shape index (κ1) is 11.4. The van der Waals surface area contributed by atoms with E-state index in [1.54, 1.807) is 0 Å². The fourth-order valence-corrected chi connectivity index (χ4v) is 0.919. The molecule has 0 atom stereocenters. The summed E-state index contributed by atoms with van der Waals surface area (Å²) >= 11 is 0. The van der Waals surface area contributed by atoms with E-state index >= 15 is 0 Å². The van der Waals surface area contributed by atoms with Crippen LogP contribution in [-0.2, 0) is 4.79 Å². The van der Waals surface area contributed by atoms with Gasteiger partial charge in [0.15, 0.2) is 5.54 Å². The van der Waals surface area contributed by atoms with Crippen molar-refractivity contribution in [2.45, 2.75) is 32.2 Å². The molecule has 0 saturated heterocycles. The van der Waals surface area contributed by atoms with Crippen molar-refractivity contribution in [3.63, 3.8) is 0 Å². The highest BCUT2D eigenvalue weighted by molar-refractivity contribution is 5.84. The molecule has 0 rings (SSSR count). The molecule has 72 valence electrons. The Morgan fingerprint density at radius 1 is 1.50 bits per heavy atom. The number of nitrogens with one attached hydrogen (secondary N) is 1. The molecule has 3 nitrogen and oxygen atoms in total. The van der Waals surface area contributed by atoms with Crippen molar-refractivity contribution in [3.05, 3.63) is 0 Å². The number of hydrogen-bond acceptors (Lipinski definition) is 1. The molecule has 0 aliphatic heterocycles. The van der Waals surface area contributed by atoms with Crippen molar-refractivity contribution in [2.24, 2.45) is 0 Å². The lowest BCUT2D eigenvalue weighted by molar-refractivity contribution is -0.459. The van der Waals surface area contributed by atoms with Gasteiger partial charge >= 0.3 is 0 Å². The summed E-state index contributed by atoms with van der Waals surface area (Å²) in [6.07, 6.45) is 1.36. The highest BCUT2D eigenvalue weighted by Gasteiger charge is 2.33. The van der Waals surface area contributed by atoms with E-state index in [2.05, 4.69) is 11.1 Å². The fraction of sp³-hybridized carbons (Fsp3) is 0.875. The highest BCUT2D eigenvalue weighted by Crippen LogP contribution is 2.07. The lowest BCUT2D eigenvalue weighted by Crippen LogP contribution is -2.78. The fourth-order valence-electron chi connectivity index (χ4n) is 0.919. The highest BCUT2D eigenvalue weighted by atomic mass is 19.1. The van der Waals surface area contributed by atoms with E-state index in [-0.39, 0.29) is 12.5 Å². The van der Waals surface area contributed by atoms with Crippen LogP contribution in [0.5, 0.6) is 0 Å². The van der Waals surface area contributed by atoms with Gasteiger partial charge in [0.1, 0.15) is 6.67 Å². The van der Waals surface area contributed by atoms with E-state index in [4.69, 9.17) is 0 Å². The van der Waals surface area contributed by atoms with Gasteiger partial charge in [0, 0.05) is 19.4 Å². The maximum absolute atomic E-state index is 11.7.